The number of rotatable bonds is 5. The number of anilines is 1. The Morgan fingerprint density at radius 3 is 2.58 bits per heavy atom. The molecule has 0 radical (unpaired) electrons. The van der Waals surface area contributed by atoms with Gasteiger partial charge in [-0.25, -0.2) is 14.8 Å². The summed E-state index contributed by atoms with van der Waals surface area (Å²) in [4.78, 5) is 25.1. The number of carbonyl (C=O) groups is 1. The summed E-state index contributed by atoms with van der Waals surface area (Å²) in [6.07, 6.45) is 5.40. The molecule has 7 nitrogen and oxygen atoms in total. The highest BCUT2D eigenvalue weighted by molar-refractivity contribution is 5.89. The molecular formula is C17H23N5O2. The molecule has 1 aliphatic rings. The zero-order valence-corrected chi connectivity index (χ0v) is 14.2. The third kappa shape index (κ3) is 3.73. The highest BCUT2D eigenvalue weighted by Gasteiger charge is 2.19. The largest absolute Gasteiger partial charge is 0.462 e. The number of esters is 1. The normalized spacial score (nSPS) is 15.5. The lowest BCUT2D eigenvalue weighted by molar-refractivity contribution is 0.0526. The third-order valence-electron chi connectivity index (χ3n) is 4.24. The summed E-state index contributed by atoms with van der Waals surface area (Å²) >= 11 is 0. The van der Waals surface area contributed by atoms with Crippen LogP contribution in [0.15, 0.2) is 30.7 Å². The van der Waals surface area contributed by atoms with Crippen LogP contribution in [0.3, 0.4) is 0 Å². The van der Waals surface area contributed by atoms with Crippen LogP contribution in [0.4, 0.5) is 5.82 Å². The molecule has 0 amide bonds. The maximum absolute atomic E-state index is 11.7. The molecule has 0 aliphatic carbocycles. The smallest absolute Gasteiger partial charge is 0.339 e. The van der Waals surface area contributed by atoms with Crippen LogP contribution in [0.5, 0.6) is 0 Å². The van der Waals surface area contributed by atoms with Crippen LogP contribution in [-0.2, 0) is 18.3 Å². The van der Waals surface area contributed by atoms with E-state index in [1.807, 2.05) is 25.5 Å². The first-order chi connectivity index (χ1) is 11.7. The van der Waals surface area contributed by atoms with Gasteiger partial charge >= 0.3 is 5.97 Å². The fourth-order valence-corrected chi connectivity index (χ4v) is 2.79. The topological polar surface area (TPSA) is 63.5 Å². The summed E-state index contributed by atoms with van der Waals surface area (Å²) in [7, 11) is 2.02. The number of aryl methyl sites for hydroxylation is 1. The highest BCUT2D eigenvalue weighted by Crippen LogP contribution is 2.15. The number of hydrogen-bond donors (Lipinski definition) is 0. The minimum Gasteiger partial charge on any atom is -0.462 e. The van der Waals surface area contributed by atoms with Crippen molar-refractivity contribution in [2.24, 2.45) is 7.05 Å². The van der Waals surface area contributed by atoms with E-state index in [-0.39, 0.29) is 5.97 Å². The van der Waals surface area contributed by atoms with Crippen molar-refractivity contribution in [3.05, 3.63) is 42.1 Å². The summed E-state index contributed by atoms with van der Waals surface area (Å²) < 4.78 is 7.04. The van der Waals surface area contributed by atoms with E-state index in [1.54, 1.807) is 19.2 Å². The van der Waals surface area contributed by atoms with Crippen LogP contribution in [0, 0.1) is 0 Å². The average molecular weight is 329 g/mol. The van der Waals surface area contributed by atoms with Crippen molar-refractivity contribution in [2.75, 3.05) is 37.7 Å². The van der Waals surface area contributed by atoms with E-state index in [0.29, 0.717) is 12.2 Å². The Bertz CT molecular complexity index is 675. The number of ether oxygens (including phenoxy) is 1. The Morgan fingerprint density at radius 1 is 1.21 bits per heavy atom. The van der Waals surface area contributed by atoms with E-state index in [4.69, 9.17) is 4.74 Å². The van der Waals surface area contributed by atoms with E-state index in [1.165, 1.54) is 0 Å². The Hall–Kier alpha value is -2.41. The molecule has 7 heteroatoms. The maximum Gasteiger partial charge on any atom is 0.339 e. The lowest BCUT2D eigenvalue weighted by Gasteiger charge is -2.35. The van der Waals surface area contributed by atoms with Crippen LogP contribution < -0.4 is 4.90 Å². The quantitative estimate of drug-likeness (QED) is 0.771. The first-order valence-corrected chi connectivity index (χ1v) is 8.24. The van der Waals surface area contributed by atoms with E-state index in [2.05, 4.69) is 24.3 Å². The summed E-state index contributed by atoms with van der Waals surface area (Å²) in [5.74, 6) is 1.66. The number of aromatic nitrogens is 3. The number of pyridine rings is 1. The second-order valence-corrected chi connectivity index (χ2v) is 5.84. The van der Waals surface area contributed by atoms with E-state index >= 15 is 0 Å². The zero-order valence-electron chi connectivity index (χ0n) is 14.2. The summed E-state index contributed by atoms with van der Waals surface area (Å²) in [6, 6.07) is 3.67. The van der Waals surface area contributed by atoms with E-state index in [0.717, 1.165) is 44.4 Å². The van der Waals surface area contributed by atoms with Gasteiger partial charge in [0.05, 0.1) is 18.7 Å². The van der Waals surface area contributed by atoms with Gasteiger partial charge in [0.15, 0.2) is 0 Å². The molecule has 0 bridgehead atoms. The molecule has 1 aliphatic heterocycles. The van der Waals surface area contributed by atoms with Crippen molar-refractivity contribution in [1.29, 1.82) is 0 Å². The summed E-state index contributed by atoms with van der Waals surface area (Å²) in [5, 5.41) is 0. The number of hydrogen-bond acceptors (Lipinski definition) is 6. The van der Waals surface area contributed by atoms with E-state index in [9.17, 15) is 4.79 Å². The van der Waals surface area contributed by atoms with Gasteiger partial charge in [0.2, 0.25) is 0 Å². The molecule has 128 valence electrons. The average Bonchev–Trinajstić information content (AvgIpc) is 3.01. The highest BCUT2D eigenvalue weighted by atomic mass is 16.5. The molecular weight excluding hydrogens is 306 g/mol. The van der Waals surface area contributed by atoms with Gasteiger partial charge in [-0.2, -0.15) is 0 Å². The van der Waals surface area contributed by atoms with Crippen molar-refractivity contribution in [3.8, 4) is 0 Å². The zero-order chi connectivity index (χ0) is 16.9. The van der Waals surface area contributed by atoms with Gasteiger partial charge in [-0.15, -0.1) is 0 Å². The van der Waals surface area contributed by atoms with Crippen LogP contribution in [0.2, 0.25) is 0 Å². The van der Waals surface area contributed by atoms with Crippen molar-refractivity contribution in [3.63, 3.8) is 0 Å². The molecule has 0 saturated carbocycles. The molecule has 0 N–H and O–H groups in total. The monoisotopic (exact) mass is 329 g/mol. The van der Waals surface area contributed by atoms with Crippen LogP contribution in [0.25, 0.3) is 0 Å². The standard InChI is InChI=1S/C17H23N5O2/c1-3-24-17(23)14-4-5-15(19-12-14)22-10-8-21(9-11-22)13-16-18-6-7-20(16)2/h4-7,12H,3,8-11,13H2,1-2H3. The van der Waals surface area contributed by atoms with Crippen LogP contribution in [0.1, 0.15) is 23.1 Å². The lowest BCUT2D eigenvalue weighted by Crippen LogP contribution is -2.46. The molecule has 3 heterocycles. The second kappa shape index (κ2) is 7.44. The van der Waals surface area contributed by atoms with Gasteiger partial charge in [0, 0.05) is 51.8 Å². The molecule has 0 atom stereocenters. The number of piperazine rings is 1. The van der Waals surface area contributed by atoms with Gasteiger partial charge in [-0.3, -0.25) is 4.90 Å². The molecule has 1 saturated heterocycles. The summed E-state index contributed by atoms with van der Waals surface area (Å²) in [5.41, 5.74) is 0.494. The first-order valence-electron chi connectivity index (χ1n) is 8.24. The molecule has 0 aromatic carbocycles. The predicted molar refractivity (Wildman–Crippen MR) is 90.9 cm³/mol. The first kappa shape index (κ1) is 16.4. The van der Waals surface area contributed by atoms with Crippen molar-refractivity contribution in [1.82, 2.24) is 19.4 Å². The second-order valence-electron chi connectivity index (χ2n) is 5.84. The van der Waals surface area contributed by atoms with Crippen LogP contribution >= 0.6 is 0 Å². The molecule has 24 heavy (non-hydrogen) atoms. The van der Waals surface area contributed by atoms with Crippen LogP contribution in [-0.4, -0.2) is 58.2 Å². The number of nitrogens with zero attached hydrogens (tertiary/aromatic N) is 5. The third-order valence-corrected chi connectivity index (χ3v) is 4.24. The lowest BCUT2D eigenvalue weighted by atomic mass is 10.2. The number of imidazole rings is 1. The Balaban J connectivity index is 1.54. The SMILES string of the molecule is CCOC(=O)c1ccc(N2CCN(Cc3nccn3C)CC2)nc1. The Morgan fingerprint density at radius 2 is 2.00 bits per heavy atom. The van der Waals surface area contributed by atoms with Gasteiger partial charge in [0.1, 0.15) is 11.6 Å². The molecule has 2 aromatic heterocycles. The fourth-order valence-electron chi connectivity index (χ4n) is 2.79. The summed E-state index contributed by atoms with van der Waals surface area (Å²) in [6.45, 7) is 6.80. The molecule has 1 fully saturated rings. The molecule has 0 unspecified atom stereocenters. The Labute approximate surface area is 141 Å². The van der Waals surface area contributed by atoms with Crippen molar-refractivity contribution < 1.29 is 9.53 Å². The fraction of sp³-hybridized carbons (Fsp3) is 0.471. The minimum atomic E-state index is -0.323. The minimum absolute atomic E-state index is 0.323. The maximum atomic E-state index is 11.7. The van der Waals surface area contributed by atoms with E-state index < -0.39 is 0 Å². The van der Waals surface area contributed by atoms with Gasteiger partial charge in [-0.1, -0.05) is 0 Å². The van der Waals surface area contributed by atoms with Crippen molar-refractivity contribution in [2.45, 2.75) is 13.5 Å². The molecule has 3 rings (SSSR count). The van der Waals surface area contributed by atoms with Crippen molar-refractivity contribution >= 4 is 11.8 Å². The molecule has 0 spiro atoms. The molecule has 2 aromatic rings. The van der Waals surface area contributed by atoms with Gasteiger partial charge in [-0.05, 0) is 19.1 Å². The predicted octanol–water partition coefficient (Wildman–Crippen LogP) is 1.31. The van der Waals surface area contributed by atoms with Gasteiger partial charge < -0.3 is 14.2 Å². The number of carbonyl (C=O) groups excluding carboxylic acids is 1. The van der Waals surface area contributed by atoms with Gasteiger partial charge in [0.25, 0.3) is 0 Å². The Kier molecular flexibility index (Phi) is 5.10.